The van der Waals surface area contributed by atoms with Crippen molar-refractivity contribution in [3.8, 4) is 0 Å². The lowest BCUT2D eigenvalue weighted by atomic mass is 10.1. The molecule has 1 aliphatic heterocycles. The number of morpholine rings is 1. The second-order valence-corrected chi connectivity index (χ2v) is 5.79. The highest BCUT2D eigenvalue weighted by Gasteiger charge is 2.17. The van der Waals surface area contributed by atoms with Crippen LogP contribution in [0.5, 0.6) is 0 Å². The molecule has 1 fully saturated rings. The molecule has 0 saturated carbocycles. The van der Waals surface area contributed by atoms with Gasteiger partial charge in [0.15, 0.2) is 0 Å². The first-order valence-electron chi connectivity index (χ1n) is 7.35. The number of benzene rings is 1. The lowest BCUT2D eigenvalue weighted by Gasteiger charge is -2.26. The SMILES string of the molecule is CC(C)n1cc(CN2CCOCC2)c2c(N)cccc21. The molecule has 4 nitrogen and oxygen atoms in total. The average Bonchev–Trinajstić information content (AvgIpc) is 2.80. The van der Waals surface area contributed by atoms with E-state index in [0.717, 1.165) is 38.5 Å². The molecule has 108 valence electrons. The van der Waals surface area contributed by atoms with Crippen LogP contribution in [0.1, 0.15) is 25.5 Å². The zero-order chi connectivity index (χ0) is 14.1. The maximum atomic E-state index is 6.22. The van der Waals surface area contributed by atoms with E-state index in [2.05, 4.69) is 35.6 Å². The molecule has 1 saturated heterocycles. The smallest absolute Gasteiger partial charge is 0.0594 e. The molecule has 0 spiro atoms. The van der Waals surface area contributed by atoms with Gasteiger partial charge in [-0.1, -0.05) is 6.07 Å². The molecule has 0 bridgehead atoms. The van der Waals surface area contributed by atoms with Crippen LogP contribution in [-0.4, -0.2) is 35.8 Å². The van der Waals surface area contributed by atoms with E-state index in [1.807, 2.05) is 12.1 Å². The first-order valence-corrected chi connectivity index (χ1v) is 7.35. The molecular formula is C16H23N3O. The summed E-state index contributed by atoms with van der Waals surface area (Å²) in [7, 11) is 0. The molecule has 2 N–H and O–H groups in total. The zero-order valence-corrected chi connectivity index (χ0v) is 12.3. The molecule has 20 heavy (non-hydrogen) atoms. The topological polar surface area (TPSA) is 43.4 Å². The van der Waals surface area contributed by atoms with Crippen molar-refractivity contribution in [2.45, 2.75) is 26.4 Å². The number of aromatic nitrogens is 1. The molecule has 1 aromatic heterocycles. The normalized spacial score (nSPS) is 17.1. The Balaban J connectivity index is 2.01. The molecule has 0 radical (unpaired) electrons. The van der Waals surface area contributed by atoms with Gasteiger partial charge in [-0.15, -0.1) is 0 Å². The lowest BCUT2D eigenvalue weighted by molar-refractivity contribution is 0.0343. The fourth-order valence-electron chi connectivity index (χ4n) is 2.97. The van der Waals surface area contributed by atoms with Gasteiger partial charge in [0.1, 0.15) is 0 Å². The number of rotatable bonds is 3. The number of nitrogens with zero attached hydrogens (tertiary/aromatic N) is 2. The van der Waals surface area contributed by atoms with Crippen LogP contribution in [0, 0.1) is 0 Å². The first kappa shape index (κ1) is 13.5. The van der Waals surface area contributed by atoms with E-state index in [-0.39, 0.29) is 0 Å². The zero-order valence-electron chi connectivity index (χ0n) is 12.3. The molecule has 0 atom stereocenters. The van der Waals surface area contributed by atoms with Crippen molar-refractivity contribution < 1.29 is 4.74 Å². The van der Waals surface area contributed by atoms with Crippen LogP contribution in [0.25, 0.3) is 10.9 Å². The third-order valence-electron chi connectivity index (χ3n) is 4.02. The number of ether oxygens (including phenoxy) is 1. The van der Waals surface area contributed by atoms with Gasteiger partial charge in [0, 0.05) is 42.9 Å². The summed E-state index contributed by atoms with van der Waals surface area (Å²) in [4.78, 5) is 2.44. The number of hydrogen-bond acceptors (Lipinski definition) is 3. The molecule has 1 aromatic carbocycles. The van der Waals surface area contributed by atoms with Crippen molar-refractivity contribution in [1.29, 1.82) is 0 Å². The van der Waals surface area contributed by atoms with E-state index in [1.54, 1.807) is 0 Å². The predicted molar refractivity (Wildman–Crippen MR) is 82.8 cm³/mol. The minimum absolute atomic E-state index is 0.442. The Morgan fingerprint density at radius 2 is 2.00 bits per heavy atom. The van der Waals surface area contributed by atoms with Crippen LogP contribution >= 0.6 is 0 Å². The summed E-state index contributed by atoms with van der Waals surface area (Å²) in [5, 5.41) is 1.22. The van der Waals surface area contributed by atoms with Gasteiger partial charge in [0.25, 0.3) is 0 Å². The summed E-state index contributed by atoms with van der Waals surface area (Å²) in [6, 6.07) is 6.64. The third kappa shape index (κ3) is 2.41. The summed E-state index contributed by atoms with van der Waals surface area (Å²) in [5.41, 5.74) is 9.67. The minimum atomic E-state index is 0.442. The van der Waals surface area contributed by atoms with E-state index in [9.17, 15) is 0 Å². The Bertz CT molecular complexity index is 597. The van der Waals surface area contributed by atoms with Crippen molar-refractivity contribution in [3.63, 3.8) is 0 Å². The van der Waals surface area contributed by atoms with Gasteiger partial charge in [-0.3, -0.25) is 4.90 Å². The van der Waals surface area contributed by atoms with Crippen LogP contribution in [0.15, 0.2) is 24.4 Å². The van der Waals surface area contributed by atoms with E-state index in [4.69, 9.17) is 10.5 Å². The molecule has 0 aliphatic carbocycles. The van der Waals surface area contributed by atoms with E-state index in [1.165, 1.54) is 16.5 Å². The van der Waals surface area contributed by atoms with Gasteiger partial charge in [-0.25, -0.2) is 0 Å². The monoisotopic (exact) mass is 273 g/mol. The average molecular weight is 273 g/mol. The van der Waals surface area contributed by atoms with Crippen LogP contribution in [0.2, 0.25) is 0 Å². The van der Waals surface area contributed by atoms with Gasteiger partial charge < -0.3 is 15.0 Å². The Morgan fingerprint density at radius 1 is 1.25 bits per heavy atom. The standard InChI is InChI=1S/C16H23N3O/c1-12(2)19-11-13(10-18-6-8-20-9-7-18)16-14(17)4-3-5-15(16)19/h3-5,11-12H,6-10,17H2,1-2H3. The molecule has 4 heteroatoms. The van der Waals surface area contributed by atoms with Gasteiger partial charge in [0.2, 0.25) is 0 Å². The van der Waals surface area contributed by atoms with Gasteiger partial charge >= 0.3 is 0 Å². The Labute approximate surface area is 120 Å². The fraction of sp³-hybridized carbons (Fsp3) is 0.500. The number of nitrogens with two attached hydrogens (primary N) is 1. The Morgan fingerprint density at radius 3 is 2.70 bits per heavy atom. The summed E-state index contributed by atoms with van der Waals surface area (Å²) >= 11 is 0. The third-order valence-corrected chi connectivity index (χ3v) is 4.02. The predicted octanol–water partition coefficient (Wildman–Crippen LogP) is 2.64. The molecular weight excluding hydrogens is 250 g/mol. The molecule has 0 unspecified atom stereocenters. The van der Waals surface area contributed by atoms with Crippen LogP contribution < -0.4 is 5.73 Å². The second-order valence-electron chi connectivity index (χ2n) is 5.79. The van der Waals surface area contributed by atoms with Gasteiger partial charge in [-0.05, 0) is 31.5 Å². The molecule has 1 aliphatic rings. The van der Waals surface area contributed by atoms with Gasteiger partial charge in [0.05, 0.1) is 18.7 Å². The highest BCUT2D eigenvalue weighted by molar-refractivity contribution is 5.94. The number of nitrogen functional groups attached to an aromatic ring is 1. The van der Waals surface area contributed by atoms with Crippen molar-refractivity contribution in [3.05, 3.63) is 30.0 Å². The maximum absolute atomic E-state index is 6.22. The Kier molecular flexibility index (Phi) is 3.68. The van der Waals surface area contributed by atoms with E-state index < -0.39 is 0 Å². The molecule has 2 aromatic rings. The highest BCUT2D eigenvalue weighted by Crippen LogP contribution is 2.30. The Hall–Kier alpha value is -1.52. The molecule has 2 heterocycles. The molecule has 0 amide bonds. The number of anilines is 1. The van der Waals surface area contributed by atoms with Crippen molar-refractivity contribution in [1.82, 2.24) is 9.47 Å². The summed E-state index contributed by atoms with van der Waals surface area (Å²) in [6.45, 7) is 9.04. The van der Waals surface area contributed by atoms with Gasteiger partial charge in [-0.2, -0.15) is 0 Å². The fourth-order valence-corrected chi connectivity index (χ4v) is 2.97. The largest absolute Gasteiger partial charge is 0.398 e. The van der Waals surface area contributed by atoms with E-state index in [0.29, 0.717) is 6.04 Å². The first-order chi connectivity index (χ1) is 9.66. The maximum Gasteiger partial charge on any atom is 0.0594 e. The van der Waals surface area contributed by atoms with Crippen LogP contribution in [0.3, 0.4) is 0 Å². The highest BCUT2D eigenvalue weighted by atomic mass is 16.5. The van der Waals surface area contributed by atoms with E-state index >= 15 is 0 Å². The molecule has 3 rings (SSSR count). The lowest BCUT2D eigenvalue weighted by Crippen LogP contribution is -2.35. The second kappa shape index (κ2) is 5.46. The summed E-state index contributed by atoms with van der Waals surface area (Å²) in [6.07, 6.45) is 2.27. The van der Waals surface area contributed by atoms with Crippen LogP contribution in [-0.2, 0) is 11.3 Å². The van der Waals surface area contributed by atoms with Crippen molar-refractivity contribution in [2.75, 3.05) is 32.0 Å². The quantitative estimate of drug-likeness (QED) is 0.874. The number of fused-ring (bicyclic) bond motifs is 1. The number of hydrogen-bond donors (Lipinski definition) is 1. The summed E-state index contributed by atoms with van der Waals surface area (Å²) < 4.78 is 7.74. The van der Waals surface area contributed by atoms with Crippen LogP contribution in [0.4, 0.5) is 5.69 Å². The minimum Gasteiger partial charge on any atom is -0.398 e. The van der Waals surface area contributed by atoms with Crippen molar-refractivity contribution >= 4 is 16.6 Å². The van der Waals surface area contributed by atoms with Crippen molar-refractivity contribution in [2.24, 2.45) is 0 Å². The summed E-state index contributed by atoms with van der Waals surface area (Å²) in [5.74, 6) is 0.